The summed E-state index contributed by atoms with van der Waals surface area (Å²) in [6.07, 6.45) is 3.64. The molecule has 2 heterocycles. The summed E-state index contributed by atoms with van der Waals surface area (Å²) in [4.78, 5) is 8.13. The summed E-state index contributed by atoms with van der Waals surface area (Å²) in [5.41, 5.74) is 0. The van der Waals surface area contributed by atoms with Gasteiger partial charge in [0.1, 0.15) is 0 Å². The van der Waals surface area contributed by atoms with Crippen LogP contribution in [0.3, 0.4) is 0 Å². The van der Waals surface area contributed by atoms with Crippen LogP contribution in [0.4, 0.5) is 0 Å². The third-order valence-corrected chi connectivity index (χ3v) is 5.32. The first-order chi connectivity index (χ1) is 10.2. The molecule has 0 atom stereocenters. The second-order valence-electron chi connectivity index (χ2n) is 5.07. The lowest BCUT2D eigenvalue weighted by Gasteiger charge is -2.34. The summed E-state index contributed by atoms with van der Waals surface area (Å²) in [5, 5.41) is 3.47. The zero-order valence-corrected chi connectivity index (χ0v) is 15.2. The molecule has 21 heavy (non-hydrogen) atoms. The van der Waals surface area contributed by atoms with E-state index < -0.39 is 0 Å². The Kier molecular flexibility index (Phi) is 6.99. The first-order valence-electron chi connectivity index (χ1n) is 7.54. The highest BCUT2D eigenvalue weighted by atomic mass is 79.9. The van der Waals surface area contributed by atoms with Gasteiger partial charge < -0.3 is 15.0 Å². The number of likely N-dealkylation sites (tertiary alicyclic amines) is 1. The number of guanidine groups is 1. The number of aliphatic imine (C=N–C) groups is 1. The van der Waals surface area contributed by atoms with Crippen molar-refractivity contribution in [3.63, 3.8) is 0 Å². The normalized spacial score (nSPS) is 17.3. The van der Waals surface area contributed by atoms with E-state index in [1.807, 2.05) is 7.05 Å². The first kappa shape index (κ1) is 16.8. The molecule has 0 bridgehead atoms. The van der Waals surface area contributed by atoms with Crippen molar-refractivity contribution in [3.8, 4) is 0 Å². The van der Waals surface area contributed by atoms with Crippen LogP contribution in [-0.2, 0) is 11.2 Å². The highest BCUT2D eigenvalue weighted by Crippen LogP contribution is 2.22. The van der Waals surface area contributed by atoms with E-state index in [-0.39, 0.29) is 0 Å². The maximum atomic E-state index is 5.70. The number of thiophene rings is 1. The SMILES string of the molecule is CCOC1CCN(C(=NC)NCCc2ccc(Br)s2)CC1. The van der Waals surface area contributed by atoms with Gasteiger partial charge in [-0.25, -0.2) is 0 Å². The average Bonchev–Trinajstić information content (AvgIpc) is 2.91. The number of rotatable bonds is 5. The number of hydrogen-bond acceptors (Lipinski definition) is 3. The Bertz CT molecular complexity index is 456. The van der Waals surface area contributed by atoms with Gasteiger partial charge in [-0.3, -0.25) is 4.99 Å². The van der Waals surface area contributed by atoms with Gasteiger partial charge in [0.25, 0.3) is 0 Å². The quantitative estimate of drug-likeness (QED) is 0.636. The van der Waals surface area contributed by atoms with Gasteiger partial charge in [-0.05, 0) is 54.2 Å². The Morgan fingerprint density at radius 3 is 2.81 bits per heavy atom. The van der Waals surface area contributed by atoms with Crippen LogP contribution in [0.1, 0.15) is 24.6 Å². The fourth-order valence-corrected chi connectivity index (χ4v) is 4.07. The average molecular weight is 374 g/mol. The Morgan fingerprint density at radius 1 is 1.48 bits per heavy atom. The number of ether oxygens (including phenoxy) is 1. The van der Waals surface area contributed by atoms with Gasteiger partial charge in [-0.1, -0.05) is 0 Å². The highest BCUT2D eigenvalue weighted by molar-refractivity contribution is 9.11. The van der Waals surface area contributed by atoms with Crippen LogP contribution >= 0.6 is 27.3 Å². The van der Waals surface area contributed by atoms with Gasteiger partial charge in [-0.15, -0.1) is 11.3 Å². The molecule has 0 radical (unpaired) electrons. The van der Waals surface area contributed by atoms with Crippen LogP contribution in [0, 0.1) is 0 Å². The van der Waals surface area contributed by atoms with Gasteiger partial charge >= 0.3 is 0 Å². The smallest absolute Gasteiger partial charge is 0.193 e. The molecule has 118 valence electrons. The zero-order valence-electron chi connectivity index (χ0n) is 12.8. The van der Waals surface area contributed by atoms with Crippen LogP contribution < -0.4 is 5.32 Å². The summed E-state index contributed by atoms with van der Waals surface area (Å²) in [6.45, 7) is 5.85. The predicted molar refractivity (Wildman–Crippen MR) is 93.3 cm³/mol. The van der Waals surface area contributed by atoms with Crippen LogP contribution in [-0.4, -0.2) is 50.3 Å². The first-order valence-corrected chi connectivity index (χ1v) is 9.15. The zero-order chi connectivity index (χ0) is 15.1. The largest absolute Gasteiger partial charge is 0.378 e. The summed E-state index contributed by atoms with van der Waals surface area (Å²) in [5.74, 6) is 1.01. The van der Waals surface area contributed by atoms with Crippen molar-refractivity contribution in [3.05, 3.63) is 20.8 Å². The number of piperidine rings is 1. The van der Waals surface area contributed by atoms with Crippen molar-refractivity contribution in [2.45, 2.75) is 32.3 Å². The highest BCUT2D eigenvalue weighted by Gasteiger charge is 2.21. The van der Waals surface area contributed by atoms with E-state index in [9.17, 15) is 0 Å². The van der Waals surface area contributed by atoms with Crippen molar-refractivity contribution < 1.29 is 4.74 Å². The van der Waals surface area contributed by atoms with Crippen molar-refractivity contribution >= 4 is 33.2 Å². The maximum absolute atomic E-state index is 5.70. The van der Waals surface area contributed by atoms with Crippen molar-refractivity contribution in [1.29, 1.82) is 0 Å². The molecule has 0 aliphatic carbocycles. The second kappa shape index (κ2) is 8.76. The molecule has 1 aliphatic rings. The molecule has 1 aromatic heterocycles. The summed E-state index contributed by atoms with van der Waals surface area (Å²) in [6, 6.07) is 4.28. The minimum absolute atomic E-state index is 0.424. The number of nitrogens with one attached hydrogen (secondary N) is 1. The fourth-order valence-electron chi connectivity index (χ4n) is 2.59. The predicted octanol–water partition coefficient (Wildman–Crippen LogP) is 3.13. The summed E-state index contributed by atoms with van der Waals surface area (Å²) < 4.78 is 6.89. The molecule has 0 saturated carbocycles. The minimum Gasteiger partial charge on any atom is -0.378 e. The van der Waals surface area contributed by atoms with Crippen molar-refractivity contribution in [2.24, 2.45) is 4.99 Å². The van der Waals surface area contributed by atoms with E-state index in [1.165, 1.54) is 8.66 Å². The van der Waals surface area contributed by atoms with Crippen molar-refractivity contribution in [2.75, 3.05) is 33.3 Å². The van der Waals surface area contributed by atoms with E-state index in [0.717, 1.165) is 51.5 Å². The standard InChI is InChI=1S/C15H24BrN3OS/c1-3-20-12-7-10-19(11-8-12)15(17-2)18-9-6-13-4-5-14(16)21-13/h4-5,12H,3,6-11H2,1-2H3,(H,17,18). The molecular formula is C15H24BrN3OS. The molecule has 4 nitrogen and oxygen atoms in total. The molecule has 1 fully saturated rings. The Labute approximate surface area is 139 Å². The fraction of sp³-hybridized carbons (Fsp3) is 0.667. The summed E-state index contributed by atoms with van der Waals surface area (Å²) >= 11 is 5.30. The van der Waals surface area contributed by atoms with Crippen LogP contribution in [0.2, 0.25) is 0 Å². The molecule has 6 heteroatoms. The molecule has 1 N–H and O–H groups in total. The third kappa shape index (κ3) is 5.27. The molecular weight excluding hydrogens is 350 g/mol. The molecule has 0 aromatic carbocycles. The maximum Gasteiger partial charge on any atom is 0.193 e. The molecule has 1 aromatic rings. The molecule has 1 aliphatic heterocycles. The molecule has 0 spiro atoms. The monoisotopic (exact) mass is 373 g/mol. The lowest BCUT2D eigenvalue weighted by molar-refractivity contribution is 0.0264. The number of nitrogens with zero attached hydrogens (tertiary/aromatic N) is 2. The van der Waals surface area contributed by atoms with E-state index in [0.29, 0.717) is 6.10 Å². The lowest BCUT2D eigenvalue weighted by Crippen LogP contribution is -2.47. The molecule has 0 amide bonds. The van der Waals surface area contributed by atoms with Crippen LogP contribution in [0.5, 0.6) is 0 Å². The van der Waals surface area contributed by atoms with Gasteiger partial charge in [0.05, 0.1) is 9.89 Å². The molecule has 1 saturated heterocycles. The van der Waals surface area contributed by atoms with E-state index in [4.69, 9.17) is 4.74 Å². The Morgan fingerprint density at radius 2 is 2.24 bits per heavy atom. The topological polar surface area (TPSA) is 36.9 Å². The molecule has 0 unspecified atom stereocenters. The van der Waals surface area contributed by atoms with Crippen molar-refractivity contribution in [1.82, 2.24) is 10.2 Å². The Balaban J connectivity index is 1.73. The van der Waals surface area contributed by atoms with E-state index in [1.54, 1.807) is 11.3 Å². The van der Waals surface area contributed by atoms with Crippen LogP contribution in [0.25, 0.3) is 0 Å². The number of halogens is 1. The second-order valence-corrected chi connectivity index (χ2v) is 7.62. The van der Waals surface area contributed by atoms with E-state index >= 15 is 0 Å². The van der Waals surface area contributed by atoms with Gasteiger partial charge in [-0.2, -0.15) is 0 Å². The lowest BCUT2D eigenvalue weighted by atomic mass is 10.1. The van der Waals surface area contributed by atoms with Crippen LogP contribution in [0.15, 0.2) is 20.9 Å². The van der Waals surface area contributed by atoms with E-state index in [2.05, 4.69) is 50.2 Å². The van der Waals surface area contributed by atoms with Gasteiger partial charge in [0, 0.05) is 38.2 Å². The minimum atomic E-state index is 0.424. The summed E-state index contributed by atoms with van der Waals surface area (Å²) in [7, 11) is 1.86. The Hall–Kier alpha value is -0.590. The third-order valence-electron chi connectivity index (χ3n) is 3.64. The van der Waals surface area contributed by atoms with Gasteiger partial charge in [0.15, 0.2) is 5.96 Å². The van der Waals surface area contributed by atoms with Gasteiger partial charge in [0.2, 0.25) is 0 Å². The molecule has 2 rings (SSSR count). The number of hydrogen-bond donors (Lipinski definition) is 1.